The second kappa shape index (κ2) is 9.19. The Morgan fingerprint density at radius 3 is 2.03 bits per heavy atom. The molecule has 0 fully saturated rings. The van der Waals surface area contributed by atoms with Crippen LogP contribution in [0.1, 0.15) is 46.4 Å². The second-order valence-corrected chi connectivity index (χ2v) is 8.56. The van der Waals surface area contributed by atoms with Gasteiger partial charge in [0, 0.05) is 13.1 Å². The number of amides is 2. The van der Waals surface area contributed by atoms with Gasteiger partial charge in [0.25, 0.3) is 11.8 Å². The predicted molar refractivity (Wildman–Crippen MR) is 108 cm³/mol. The molecule has 7 nitrogen and oxygen atoms in total. The molecule has 2 aromatic carbocycles. The monoisotopic (exact) mass is 416 g/mol. The summed E-state index contributed by atoms with van der Waals surface area (Å²) in [5, 5.41) is 0. The highest BCUT2D eigenvalue weighted by atomic mass is 32.2. The van der Waals surface area contributed by atoms with Gasteiger partial charge in [-0.3, -0.25) is 14.5 Å². The van der Waals surface area contributed by atoms with Crippen LogP contribution in [-0.4, -0.2) is 45.3 Å². The molecule has 1 aliphatic heterocycles. The Morgan fingerprint density at radius 1 is 0.862 bits per heavy atom. The van der Waals surface area contributed by atoms with Gasteiger partial charge in [-0.15, -0.1) is 0 Å². The largest absolute Gasteiger partial charge is 0.497 e. The number of carbonyl (C=O) groups is 2. The highest BCUT2D eigenvalue weighted by Crippen LogP contribution is 2.22. The summed E-state index contributed by atoms with van der Waals surface area (Å²) in [5.74, 6) is 0.123. The van der Waals surface area contributed by atoms with Crippen molar-refractivity contribution in [2.75, 3.05) is 20.2 Å². The van der Waals surface area contributed by atoms with E-state index in [0.29, 0.717) is 42.8 Å². The van der Waals surface area contributed by atoms with Crippen molar-refractivity contribution in [1.82, 2.24) is 9.62 Å². The van der Waals surface area contributed by atoms with E-state index in [1.165, 1.54) is 24.1 Å². The average molecular weight is 416 g/mol. The zero-order chi connectivity index (χ0) is 20.9. The van der Waals surface area contributed by atoms with E-state index in [-0.39, 0.29) is 16.7 Å². The number of ether oxygens (including phenoxy) is 1. The first-order valence-electron chi connectivity index (χ1n) is 9.53. The average Bonchev–Trinajstić information content (AvgIpc) is 2.98. The van der Waals surface area contributed by atoms with Crippen LogP contribution in [0.25, 0.3) is 0 Å². The summed E-state index contributed by atoms with van der Waals surface area (Å²) < 4.78 is 32.1. The molecule has 0 aromatic heterocycles. The maximum atomic E-state index is 12.3. The van der Waals surface area contributed by atoms with Crippen LogP contribution in [0.2, 0.25) is 0 Å². The van der Waals surface area contributed by atoms with Crippen molar-refractivity contribution in [3.8, 4) is 5.75 Å². The van der Waals surface area contributed by atoms with E-state index in [2.05, 4.69) is 4.72 Å². The zero-order valence-corrected chi connectivity index (χ0v) is 17.1. The molecule has 0 saturated carbocycles. The highest BCUT2D eigenvalue weighted by Gasteiger charge is 2.34. The van der Waals surface area contributed by atoms with Crippen LogP contribution >= 0.6 is 0 Å². The van der Waals surface area contributed by atoms with Crippen LogP contribution in [-0.2, 0) is 10.0 Å². The Bertz CT molecular complexity index is 951. The van der Waals surface area contributed by atoms with Gasteiger partial charge in [-0.05, 0) is 49.2 Å². The molecule has 0 saturated heterocycles. The SMILES string of the molecule is COc1ccc(S(=O)(=O)NCCCCCCN2C(=O)c3ccccc3C2=O)cc1. The van der Waals surface area contributed by atoms with Crippen LogP contribution in [0.3, 0.4) is 0 Å². The van der Waals surface area contributed by atoms with E-state index in [0.717, 1.165) is 12.8 Å². The number of hydrogen-bond donors (Lipinski definition) is 1. The Kier molecular flexibility index (Phi) is 6.66. The number of benzene rings is 2. The van der Waals surface area contributed by atoms with Gasteiger partial charge in [-0.2, -0.15) is 0 Å². The minimum Gasteiger partial charge on any atom is -0.497 e. The fourth-order valence-electron chi connectivity index (χ4n) is 3.24. The lowest BCUT2D eigenvalue weighted by molar-refractivity contribution is 0.0651. The van der Waals surface area contributed by atoms with Crippen molar-refractivity contribution in [3.63, 3.8) is 0 Å². The number of imide groups is 1. The lowest BCUT2D eigenvalue weighted by atomic mass is 10.1. The lowest BCUT2D eigenvalue weighted by Crippen LogP contribution is -2.30. The smallest absolute Gasteiger partial charge is 0.261 e. The zero-order valence-electron chi connectivity index (χ0n) is 16.3. The third-order valence-corrected chi connectivity index (χ3v) is 6.33. The standard InChI is InChI=1S/C21H24N2O5S/c1-28-16-10-12-17(13-11-16)29(26,27)22-14-6-2-3-7-15-23-20(24)18-8-4-5-9-19(18)21(23)25/h4-5,8-13,22H,2-3,6-7,14-15H2,1H3. The molecular weight excluding hydrogens is 392 g/mol. The number of carbonyl (C=O) groups excluding carboxylic acids is 2. The summed E-state index contributed by atoms with van der Waals surface area (Å²) in [5.41, 5.74) is 0.927. The predicted octanol–water partition coefficient (Wildman–Crippen LogP) is 2.83. The molecule has 3 rings (SSSR count). The van der Waals surface area contributed by atoms with Crippen LogP contribution in [0.4, 0.5) is 0 Å². The van der Waals surface area contributed by atoms with Crippen molar-refractivity contribution in [2.45, 2.75) is 30.6 Å². The summed E-state index contributed by atoms with van der Waals surface area (Å²) >= 11 is 0. The third kappa shape index (κ3) is 4.83. The minimum atomic E-state index is -3.54. The number of nitrogens with zero attached hydrogens (tertiary/aromatic N) is 1. The molecule has 0 radical (unpaired) electrons. The quantitative estimate of drug-likeness (QED) is 0.475. The number of fused-ring (bicyclic) bond motifs is 1. The van der Waals surface area contributed by atoms with Crippen LogP contribution in [0, 0.1) is 0 Å². The van der Waals surface area contributed by atoms with Gasteiger partial charge >= 0.3 is 0 Å². The molecule has 154 valence electrons. The van der Waals surface area contributed by atoms with Crippen LogP contribution in [0.5, 0.6) is 5.75 Å². The number of hydrogen-bond acceptors (Lipinski definition) is 5. The molecule has 0 bridgehead atoms. The first-order chi connectivity index (χ1) is 13.9. The summed E-state index contributed by atoms with van der Waals surface area (Å²) in [6.45, 7) is 0.714. The molecule has 0 unspecified atom stereocenters. The molecule has 0 atom stereocenters. The van der Waals surface area contributed by atoms with Crippen molar-refractivity contribution < 1.29 is 22.7 Å². The Hall–Kier alpha value is -2.71. The van der Waals surface area contributed by atoms with Gasteiger partial charge in [0.1, 0.15) is 5.75 Å². The lowest BCUT2D eigenvalue weighted by Gasteiger charge is -2.13. The second-order valence-electron chi connectivity index (χ2n) is 6.80. The van der Waals surface area contributed by atoms with E-state index < -0.39 is 10.0 Å². The number of methoxy groups -OCH3 is 1. The maximum absolute atomic E-state index is 12.3. The normalized spacial score (nSPS) is 13.6. The highest BCUT2D eigenvalue weighted by molar-refractivity contribution is 7.89. The molecule has 2 amide bonds. The van der Waals surface area contributed by atoms with Crippen molar-refractivity contribution >= 4 is 21.8 Å². The maximum Gasteiger partial charge on any atom is 0.261 e. The first-order valence-corrected chi connectivity index (χ1v) is 11.0. The Labute approximate surface area is 170 Å². The van der Waals surface area contributed by atoms with Crippen molar-refractivity contribution in [3.05, 3.63) is 59.7 Å². The molecule has 1 heterocycles. The van der Waals surface area contributed by atoms with E-state index in [1.54, 1.807) is 36.4 Å². The van der Waals surface area contributed by atoms with Crippen molar-refractivity contribution in [1.29, 1.82) is 0 Å². The number of rotatable bonds is 10. The van der Waals surface area contributed by atoms with Gasteiger partial charge < -0.3 is 4.74 Å². The van der Waals surface area contributed by atoms with E-state index in [1.807, 2.05) is 0 Å². The summed E-state index contributed by atoms with van der Waals surface area (Å²) in [4.78, 5) is 26.0. The molecule has 8 heteroatoms. The van der Waals surface area contributed by atoms with Gasteiger partial charge in [-0.25, -0.2) is 13.1 Å². The molecule has 0 aliphatic carbocycles. The molecular formula is C21H24N2O5S. The van der Waals surface area contributed by atoms with Crippen molar-refractivity contribution in [2.24, 2.45) is 0 Å². The van der Waals surface area contributed by atoms with Gasteiger partial charge in [0.05, 0.1) is 23.1 Å². The fourth-order valence-corrected chi connectivity index (χ4v) is 4.31. The van der Waals surface area contributed by atoms with E-state index >= 15 is 0 Å². The fraction of sp³-hybridized carbons (Fsp3) is 0.333. The third-order valence-electron chi connectivity index (χ3n) is 4.85. The topological polar surface area (TPSA) is 92.8 Å². The number of sulfonamides is 1. The van der Waals surface area contributed by atoms with Gasteiger partial charge in [0.2, 0.25) is 10.0 Å². The molecule has 29 heavy (non-hydrogen) atoms. The summed E-state index contributed by atoms with van der Waals surface area (Å²) in [6, 6.07) is 13.1. The number of unbranched alkanes of at least 4 members (excludes halogenated alkanes) is 3. The van der Waals surface area contributed by atoms with Gasteiger partial charge in [0.15, 0.2) is 0 Å². The van der Waals surface area contributed by atoms with E-state index in [4.69, 9.17) is 4.74 Å². The Morgan fingerprint density at radius 2 is 1.45 bits per heavy atom. The molecule has 1 aliphatic rings. The first kappa shape index (κ1) is 21.0. The minimum absolute atomic E-state index is 0.198. The molecule has 0 spiro atoms. The summed E-state index contributed by atoms with van der Waals surface area (Å²) in [6.07, 6.45) is 2.97. The Balaban J connectivity index is 1.36. The number of nitrogens with one attached hydrogen (secondary N) is 1. The summed E-state index contributed by atoms with van der Waals surface area (Å²) in [7, 11) is -2.02. The molecule has 2 aromatic rings. The van der Waals surface area contributed by atoms with Crippen LogP contribution < -0.4 is 9.46 Å². The van der Waals surface area contributed by atoms with Gasteiger partial charge in [-0.1, -0.05) is 25.0 Å². The van der Waals surface area contributed by atoms with E-state index in [9.17, 15) is 18.0 Å². The van der Waals surface area contributed by atoms with Crippen LogP contribution in [0.15, 0.2) is 53.4 Å². The molecule has 1 N–H and O–H groups in total.